The first kappa shape index (κ1) is 11.7. The Morgan fingerprint density at radius 3 is 2.94 bits per heavy atom. The molecular formula is C9H10N6OS. The summed E-state index contributed by atoms with van der Waals surface area (Å²) in [6.45, 7) is 0. The molecule has 2 heterocycles. The van der Waals surface area contributed by atoms with E-state index in [1.165, 1.54) is 11.8 Å². The Morgan fingerprint density at radius 2 is 2.29 bits per heavy atom. The zero-order valence-electron chi connectivity index (χ0n) is 8.85. The second kappa shape index (κ2) is 5.51. The van der Waals surface area contributed by atoms with Gasteiger partial charge in [-0.25, -0.2) is 9.97 Å². The summed E-state index contributed by atoms with van der Waals surface area (Å²) in [7, 11) is 0. The Kier molecular flexibility index (Phi) is 3.79. The number of thioether (sulfide) groups is 1. The van der Waals surface area contributed by atoms with Gasteiger partial charge in [-0.3, -0.25) is 4.79 Å². The molecule has 1 N–H and O–H groups in total. The van der Waals surface area contributed by atoms with Crippen molar-refractivity contribution in [1.82, 2.24) is 15.3 Å². The smallest absolute Gasteiger partial charge is 0.231 e. The van der Waals surface area contributed by atoms with Gasteiger partial charge in [0.2, 0.25) is 5.91 Å². The third kappa shape index (κ3) is 2.86. The Hall–Kier alpha value is -1.79. The zero-order chi connectivity index (χ0) is 12.1. The maximum absolute atomic E-state index is 11.1. The van der Waals surface area contributed by atoms with Gasteiger partial charge < -0.3 is 5.32 Å². The van der Waals surface area contributed by atoms with Gasteiger partial charge in [-0.2, -0.15) is 0 Å². The van der Waals surface area contributed by atoms with Crippen LogP contribution < -0.4 is 5.32 Å². The Labute approximate surface area is 102 Å². The topological polar surface area (TPSA) is 104 Å². The maximum atomic E-state index is 11.1. The monoisotopic (exact) mass is 250 g/mol. The summed E-state index contributed by atoms with van der Waals surface area (Å²) in [5.74, 6) is 0.570. The van der Waals surface area contributed by atoms with E-state index >= 15 is 0 Å². The van der Waals surface area contributed by atoms with Crippen LogP contribution in [-0.2, 0) is 4.79 Å². The molecule has 1 amide bonds. The number of rotatable bonds is 5. The van der Waals surface area contributed by atoms with Crippen LogP contribution >= 0.6 is 11.8 Å². The van der Waals surface area contributed by atoms with Gasteiger partial charge >= 0.3 is 0 Å². The molecule has 1 fully saturated rings. The maximum Gasteiger partial charge on any atom is 0.231 e. The lowest BCUT2D eigenvalue weighted by Gasteiger charge is -2.33. The fraction of sp³-hybridized carbons (Fsp3) is 0.444. The lowest BCUT2D eigenvalue weighted by atomic mass is 9.98. The molecular weight excluding hydrogens is 240 g/mol. The van der Waals surface area contributed by atoms with E-state index in [0.717, 1.165) is 12.2 Å². The quantitative estimate of drug-likeness (QED) is 0.211. The van der Waals surface area contributed by atoms with Crippen LogP contribution in [0.1, 0.15) is 6.42 Å². The molecule has 1 aliphatic heterocycles. The molecule has 88 valence electrons. The molecule has 2 atom stereocenters. The van der Waals surface area contributed by atoms with Crippen molar-refractivity contribution < 1.29 is 4.79 Å². The van der Waals surface area contributed by atoms with E-state index in [0.29, 0.717) is 5.16 Å². The van der Waals surface area contributed by atoms with E-state index in [4.69, 9.17) is 5.53 Å². The lowest BCUT2D eigenvalue weighted by molar-refractivity contribution is -0.130. The number of hydrogen-bond acceptors (Lipinski definition) is 5. The van der Waals surface area contributed by atoms with Gasteiger partial charge in [0.25, 0.3) is 0 Å². The van der Waals surface area contributed by atoms with E-state index in [2.05, 4.69) is 25.3 Å². The molecule has 1 aromatic rings. The van der Waals surface area contributed by atoms with Crippen molar-refractivity contribution in [2.24, 2.45) is 5.11 Å². The highest BCUT2D eigenvalue weighted by atomic mass is 32.2. The van der Waals surface area contributed by atoms with Gasteiger partial charge in [0, 0.05) is 29.1 Å². The molecule has 7 nitrogen and oxygen atoms in total. The second-order valence-electron chi connectivity index (χ2n) is 3.43. The largest absolute Gasteiger partial charge is 0.352 e. The average Bonchev–Trinajstić information content (AvgIpc) is 2.36. The molecule has 0 aliphatic carbocycles. The van der Waals surface area contributed by atoms with Crippen molar-refractivity contribution in [3.05, 3.63) is 28.9 Å². The predicted octanol–water partition coefficient (Wildman–Crippen LogP) is 1.14. The van der Waals surface area contributed by atoms with E-state index in [1.807, 2.05) is 0 Å². The van der Waals surface area contributed by atoms with Crippen LogP contribution in [-0.4, -0.2) is 33.7 Å². The normalized spacial score (nSPS) is 22.2. The third-order valence-electron chi connectivity index (χ3n) is 2.36. The Bertz CT molecular complexity index is 444. The Morgan fingerprint density at radius 1 is 1.53 bits per heavy atom. The van der Waals surface area contributed by atoms with Crippen LogP contribution in [0.4, 0.5) is 0 Å². The minimum atomic E-state index is -0.558. The lowest BCUT2D eigenvalue weighted by Crippen LogP contribution is -2.61. The van der Waals surface area contributed by atoms with E-state index in [1.54, 1.807) is 18.5 Å². The zero-order valence-corrected chi connectivity index (χ0v) is 9.67. The minimum absolute atomic E-state index is 0.0605. The number of amides is 1. The minimum Gasteiger partial charge on any atom is -0.352 e. The van der Waals surface area contributed by atoms with Crippen molar-refractivity contribution in [2.45, 2.75) is 23.7 Å². The summed E-state index contributed by atoms with van der Waals surface area (Å²) in [6, 6.07) is 1.14. The molecule has 0 aromatic carbocycles. The second-order valence-corrected chi connectivity index (χ2v) is 4.50. The van der Waals surface area contributed by atoms with E-state index < -0.39 is 6.04 Å². The number of carbonyl (C=O) groups excluding carboxylic acids is 1. The highest BCUT2D eigenvalue weighted by Crippen LogP contribution is 2.19. The molecule has 1 saturated heterocycles. The molecule has 1 aromatic heterocycles. The number of azide groups is 1. The molecule has 0 spiro atoms. The van der Waals surface area contributed by atoms with E-state index in [-0.39, 0.29) is 11.9 Å². The van der Waals surface area contributed by atoms with Crippen LogP contribution in [0, 0.1) is 0 Å². The third-order valence-corrected chi connectivity index (χ3v) is 3.26. The van der Waals surface area contributed by atoms with Gasteiger partial charge in [0.15, 0.2) is 5.16 Å². The molecule has 0 saturated carbocycles. The van der Waals surface area contributed by atoms with Crippen LogP contribution in [0.3, 0.4) is 0 Å². The number of β-lactam (4-membered cyclic amide) rings is 1. The fourth-order valence-corrected chi connectivity index (χ4v) is 2.31. The first-order valence-electron chi connectivity index (χ1n) is 5.05. The predicted molar refractivity (Wildman–Crippen MR) is 62.2 cm³/mol. The molecule has 2 rings (SSSR count). The summed E-state index contributed by atoms with van der Waals surface area (Å²) in [6.07, 6.45) is 4.10. The van der Waals surface area contributed by atoms with Crippen LogP contribution in [0.5, 0.6) is 0 Å². The number of aromatic nitrogens is 2. The summed E-state index contributed by atoms with van der Waals surface area (Å²) in [5.41, 5.74) is 8.29. The van der Waals surface area contributed by atoms with Crippen molar-refractivity contribution >= 4 is 17.7 Å². The first-order valence-corrected chi connectivity index (χ1v) is 6.04. The van der Waals surface area contributed by atoms with Crippen LogP contribution in [0.25, 0.3) is 10.4 Å². The molecule has 0 bridgehead atoms. The standard InChI is InChI=1S/C9H10N6OS/c10-15-14-7-6(13-8(7)16)2-5-17-9-11-3-1-4-12-9/h1,3-4,6-7H,2,5H2,(H,13,16)/t6-,7+/m1/s1. The SMILES string of the molecule is [N-]=[N+]=N[C@@H]1C(=O)N[C@@H]1CCSc1ncccn1. The van der Waals surface area contributed by atoms with Crippen molar-refractivity contribution in [1.29, 1.82) is 0 Å². The van der Waals surface area contributed by atoms with Crippen LogP contribution in [0.2, 0.25) is 0 Å². The average molecular weight is 250 g/mol. The van der Waals surface area contributed by atoms with E-state index in [9.17, 15) is 4.79 Å². The number of hydrogen-bond donors (Lipinski definition) is 1. The summed E-state index contributed by atoms with van der Waals surface area (Å²) < 4.78 is 0. The molecule has 17 heavy (non-hydrogen) atoms. The molecule has 1 aliphatic rings. The number of nitrogens with one attached hydrogen (secondary N) is 1. The molecule has 8 heteroatoms. The summed E-state index contributed by atoms with van der Waals surface area (Å²) in [5, 5.41) is 6.86. The van der Waals surface area contributed by atoms with Gasteiger partial charge in [-0.1, -0.05) is 16.9 Å². The highest BCUT2D eigenvalue weighted by molar-refractivity contribution is 7.99. The summed E-state index contributed by atoms with van der Waals surface area (Å²) >= 11 is 1.51. The first-order chi connectivity index (χ1) is 8.31. The summed E-state index contributed by atoms with van der Waals surface area (Å²) in [4.78, 5) is 21.9. The Balaban J connectivity index is 1.76. The van der Waals surface area contributed by atoms with Gasteiger partial charge in [0.05, 0.1) is 0 Å². The van der Waals surface area contributed by atoms with Crippen molar-refractivity contribution in [3.8, 4) is 0 Å². The van der Waals surface area contributed by atoms with Gasteiger partial charge in [-0.05, 0) is 18.0 Å². The van der Waals surface area contributed by atoms with Crippen LogP contribution in [0.15, 0.2) is 28.7 Å². The van der Waals surface area contributed by atoms with Crippen molar-refractivity contribution in [3.63, 3.8) is 0 Å². The highest BCUT2D eigenvalue weighted by Gasteiger charge is 2.37. The number of carbonyl (C=O) groups is 1. The van der Waals surface area contributed by atoms with Gasteiger partial charge in [-0.15, -0.1) is 0 Å². The molecule has 0 unspecified atom stereocenters. The van der Waals surface area contributed by atoms with Gasteiger partial charge in [0.1, 0.15) is 6.04 Å². The van der Waals surface area contributed by atoms with Crippen molar-refractivity contribution in [2.75, 3.05) is 5.75 Å². The number of nitrogens with zero attached hydrogens (tertiary/aromatic N) is 5. The fourth-order valence-electron chi connectivity index (χ4n) is 1.49. The molecule has 0 radical (unpaired) electrons.